The summed E-state index contributed by atoms with van der Waals surface area (Å²) in [7, 11) is -2.03. The molecular weight excluding hydrogens is 288 g/mol. The fourth-order valence-corrected chi connectivity index (χ4v) is 6.83. The van der Waals surface area contributed by atoms with Gasteiger partial charge in [-0.2, -0.15) is 0 Å². The normalized spacial score (nSPS) is 12.8. The van der Waals surface area contributed by atoms with Gasteiger partial charge in [0.1, 0.15) is 0 Å². The van der Waals surface area contributed by atoms with Gasteiger partial charge in [-0.15, -0.1) is 0 Å². The van der Waals surface area contributed by atoms with Crippen LogP contribution in [0.2, 0.25) is 0 Å². The maximum absolute atomic E-state index is 3.91. The highest BCUT2D eigenvalue weighted by Crippen LogP contribution is 2.10. The van der Waals surface area contributed by atoms with Gasteiger partial charge < -0.3 is 14.9 Å². The first kappa shape index (κ1) is 22.1. The van der Waals surface area contributed by atoms with E-state index in [1.54, 1.807) is 0 Å². The number of nitrogens with zero attached hydrogens (tertiary/aromatic N) is 1. The van der Waals surface area contributed by atoms with E-state index in [9.17, 15) is 0 Å². The van der Waals surface area contributed by atoms with Gasteiger partial charge in [0, 0.05) is 0 Å². The largest absolute Gasteiger partial charge is 0.368 e. The topological polar surface area (TPSA) is 39.3 Å². The summed E-state index contributed by atoms with van der Waals surface area (Å²) in [6, 6.07) is 0. The highest BCUT2D eigenvalue weighted by Gasteiger charge is 2.40. The molecule has 0 radical (unpaired) electrons. The molecule has 3 N–H and O–H groups in total. The number of hydrogen-bond acceptors (Lipinski definition) is 4. The van der Waals surface area contributed by atoms with Crippen LogP contribution in [0.4, 0.5) is 0 Å². The van der Waals surface area contributed by atoms with Crippen molar-refractivity contribution in [2.45, 2.75) is 67.7 Å². The van der Waals surface area contributed by atoms with Crippen molar-refractivity contribution in [3.8, 4) is 0 Å². The first-order valence-corrected chi connectivity index (χ1v) is 11.4. The van der Waals surface area contributed by atoms with Crippen molar-refractivity contribution in [2.75, 3.05) is 32.7 Å². The number of rotatable bonds is 14. The summed E-state index contributed by atoms with van der Waals surface area (Å²) in [6.07, 6.45) is 3.52. The van der Waals surface area contributed by atoms with Crippen LogP contribution in [0, 0.1) is 11.8 Å². The summed E-state index contributed by atoms with van der Waals surface area (Å²) in [5, 5.41) is 0. The molecule has 22 heavy (non-hydrogen) atoms. The fraction of sp³-hybridized carbons (Fsp3) is 1.00. The van der Waals surface area contributed by atoms with E-state index in [4.69, 9.17) is 0 Å². The second-order valence-corrected chi connectivity index (χ2v) is 10.3. The van der Waals surface area contributed by atoms with Crippen LogP contribution < -0.4 is 14.9 Å². The Morgan fingerprint density at radius 3 is 1.23 bits per heavy atom. The first-order valence-electron chi connectivity index (χ1n) is 9.41. The second-order valence-electron chi connectivity index (χ2n) is 7.18. The van der Waals surface area contributed by atoms with Gasteiger partial charge in [0.2, 0.25) is 0 Å². The van der Waals surface area contributed by atoms with Crippen LogP contribution in [0.25, 0.3) is 0 Å². The van der Waals surface area contributed by atoms with Crippen LogP contribution in [0.3, 0.4) is 0 Å². The lowest BCUT2D eigenvalue weighted by Crippen LogP contribution is -2.82. The maximum Gasteiger partial charge on any atom is 0.368 e. The van der Waals surface area contributed by atoms with Crippen LogP contribution >= 0.6 is 0 Å². The van der Waals surface area contributed by atoms with E-state index >= 15 is 0 Å². The lowest BCUT2D eigenvalue weighted by atomic mass is 10.2. The minimum absolute atomic E-state index is 0.681. The van der Waals surface area contributed by atoms with E-state index in [1.807, 2.05) is 0 Å². The monoisotopic (exact) mass is 330 g/mol. The van der Waals surface area contributed by atoms with Crippen molar-refractivity contribution in [3.63, 3.8) is 0 Å². The Bertz CT molecular complexity index is 227. The Hall–Kier alpha value is 0.0569. The Balaban J connectivity index is 5.32. The van der Waals surface area contributed by atoms with Crippen molar-refractivity contribution in [1.29, 1.82) is 0 Å². The van der Waals surface area contributed by atoms with Crippen LogP contribution in [0.15, 0.2) is 0 Å². The molecule has 0 aromatic rings. The Morgan fingerprint density at radius 1 is 0.682 bits per heavy atom. The molecular formula is C17H42N4Si. The van der Waals surface area contributed by atoms with Crippen molar-refractivity contribution in [2.24, 2.45) is 11.8 Å². The van der Waals surface area contributed by atoms with Gasteiger partial charge in [-0.1, -0.05) is 48.5 Å². The lowest BCUT2D eigenvalue weighted by molar-refractivity contribution is 0.303. The van der Waals surface area contributed by atoms with Crippen LogP contribution in [-0.4, -0.2) is 46.0 Å². The standard InChI is InChI=1S/C17H42N4Si/c1-8-11-18-22(19-12-9-2,20-13-10-3)21(14-16(4)5)15-17(6)7/h16-20H,8-15H2,1-7H3. The average Bonchev–Trinajstić information content (AvgIpc) is 2.45. The van der Waals surface area contributed by atoms with Gasteiger partial charge >= 0.3 is 8.72 Å². The SMILES string of the molecule is CCCN[Si](NCCC)(NCCC)N(CC(C)C)CC(C)C. The molecule has 0 aliphatic heterocycles. The highest BCUT2D eigenvalue weighted by atomic mass is 28.4. The molecule has 0 rings (SSSR count). The van der Waals surface area contributed by atoms with Gasteiger partial charge in [0.25, 0.3) is 0 Å². The van der Waals surface area contributed by atoms with Gasteiger partial charge in [0.15, 0.2) is 0 Å². The molecule has 134 valence electrons. The van der Waals surface area contributed by atoms with Gasteiger partial charge in [-0.05, 0) is 63.8 Å². The van der Waals surface area contributed by atoms with Crippen molar-refractivity contribution >= 4 is 8.72 Å². The first-order chi connectivity index (χ1) is 10.4. The predicted molar refractivity (Wildman–Crippen MR) is 102 cm³/mol. The van der Waals surface area contributed by atoms with Crippen LogP contribution in [-0.2, 0) is 0 Å². The summed E-state index contributed by atoms with van der Waals surface area (Å²) in [5.74, 6) is 1.36. The van der Waals surface area contributed by atoms with Crippen molar-refractivity contribution < 1.29 is 0 Å². The molecule has 0 aromatic carbocycles. The Labute approximate surface area is 141 Å². The molecule has 0 heterocycles. The van der Waals surface area contributed by atoms with Crippen molar-refractivity contribution in [1.82, 2.24) is 19.5 Å². The third-order valence-electron chi connectivity index (χ3n) is 3.54. The maximum atomic E-state index is 3.91. The zero-order valence-electron chi connectivity index (χ0n) is 16.3. The molecule has 0 aliphatic rings. The molecule has 0 unspecified atom stereocenters. The van der Waals surface area contributed by atoms with Gasteiger partial charge in [0.05, 0.1) is 0 Å². The molecule has 4 nitrogen and oxygen atoms in total. The van der Waals surface area contributed by atoms with E-state index < -0.39 is 8.72 Å². The summed E-state index contributed by atoms with van der Waals surface area (Å²) in [6.45, 7) is 21.6. The summed E-state index contributed by atoms with van der Waals surface area (Å²) in [4.78, 5) is 11.7. The molecule has 0 fully saturated rings. The zero-order chi connectivity index (χ0) is 17.0. The van der Waals surface area contributed by atoms with Crippen molar-refractivity contribution in [3.05, 3.63) is 0 Å². The second kappa shape index (κ2) is 12.5. The molecule has 0 saturated heterocycles. The predicted octanol–water partition coefficient (Wildman–Crippen LogP) is 3.03. The molecule has 5 heteroatoms. The number of nitrogens with one attached hydrogen (secondary N) is 3. The Kier molecular flexibility index (Phi) is 12.5. The quantitative estimate of drug-likeness (QED) is 0.428. The Morgan fingerprint density at radius 2 is 1.00 bits per heavy atom. The third kappa shape index (κ3) is 8.63. The van der Waals surface area contributed by atoms with Crippen LogP contribution in [0.1, 0.15) is 67.7 Å². The van der Waals surface area contributed by atoms with Gasteiger partial charge in [-0.3, -0.25) is 4.57 Å². The molecule has 0 bridgehead atoms. The fourth-order valence-electron chi connectivity index (χ4n) is 2.67. The van der Waals surface area contributed by atoms with Gasteiger partial charge in [-0.25, -0.2) is 0 Å². The molecule has 0 aromatic heterocycles. The minimum atomic E-state index is -2.03. The minimum Gasteiger partial charge on any atom is -0.301 e. The molecule has 0 saturated carbocycles. The third-order valence-corrected chi connectivity index (χ3v) is 7.14. The highest BCUT2D eigenvalue weighted by molar-refractivity contribution is 6.69. The van der Waals surface area contributed by atoms with Crippen LogP contribution in [0.5, 0.6) is 0 Å². The van der Waals surface area contributed by atoms with E-state index in [0.29, 0.717) is 11.8 Å². The molecule has 0 amide bonds. The average molecular weight is 331 g/mol. The zero-order valence-corrected chi connectivity index (χ0v) is 17.3. The van der Waals surface area contributed by atoms with E-state index in [-0.39, 0.29) is 0 Å². The van der Waals surface area contributed by atoms with E-state index in [2.05, 4.69) is 68.0 Å². The molecule has 0 spiro atoms. The van der Waals surface area contributed by atoms with E-state index in [0.717, 1.165) is 32.7 Å². The summed E-state index contributed by atoms with van der Waals surface area (Å²) >= 11 is 0. The molecule has 0 atom stereocenters. The lowest BCUT2D eigenvalue weighted by Gasteiger charge is -2.44. The summed E-state index contributed by atoms with van der Waals surface area (Å²) < 4.78 is 2.71. The molecule has 0 aliphatic carbocycles. The smallest absolute Gasteiger partial charge is 0.301 e. The number of hydrogen-bond donors (Lipinski definition) is 3. The summed E-state index contributed by atoms with van der Waals surface area (Å²) in [5.41, 5.74) is 0. The van der Waals surface area contributed by atoms with E-state index in [1.165, 1.54) is 19.3 Å².